The van der Waals surface area contributed by atoms with Crippen LogP contribution in [-0.4, -0.2) is 65.7 Å². The Labute approximate surface area is 182 Å². The summed E-state index contributed by atoms with van der Waals surface area (Å²) in [6.07, 6.45) is 10.5. The number of hydrogen-bond donors (Lipinski definition) is 3. The summed E-state index contributed by atoms with van der Waals surface area (Å²) in [7, 11) is 1.33. The molecule has 3 N–H and O–H groups in total. The topological polar surface area (TPSA) is 105 Å². The maximum atomic E-state index is 11.9. The lowest BCUT2D eigenvalue weighted by Crippen LogP contribution is -2.59. The number of unbranched alkanes of at least 4 members (excludes halogenated alkanes) is 12. The van der Waals surface area contributed by atoms with Crippen molar-refractivity contribution < 1.29 is 34.3 Å². The van der Waals surface area contributed by atoms with Crippen molar-refractivity contribution >= 4 is 5.97 Å². The molecule has 0 saturated carbocycles. The summed E-state index contributed by atoms with van der Waals surface area (Å²) in [5, 5.41) is 29.5. The second-order valence-electron chi connectivity index (χ2n) is 8.43. The van der Waals surface area contributed by atoms with E-state index in [0.717, 1.165) is 19.3 Å². The quantitative estimate of drug-likeness (QED) is 0.239. The van der Waals surface area contributed by atoms with Gasteiger partial charge in [-0.2, -0.15) is 0 Å². The van der Waals surface area contributed by atoms with Gasteiger partial charge in [0.05, 0.1) is 0 Å². The van der Waals surface area contributed by atoms with Crippen LogP contribution in [0, 0.1) is 0 Å². The Morgan fingerprint density at radius 1 is 0.767 bits per heavy atom. The molecule has 1 aliphatic rings. The molecule has 0 radical (unpaired) electrons. The summed E-state index contributed by atoms with van der Waals surface area (Å²) in [6.45, 7) is 2.07. The first-order valence-corrected chi connectivity index (χ1v) is 11.9. The molecule has 0 aromatic heterocycles. The fourth-order valence-electron chi connectivity index (χ4n) is 3.78. The summed E-state index contributed by atoms with van der Waals surface area (Å²) >= 11 is 0. The van der Waals surface area contributed by atoms with E-state index in [1.165, 1.54) is 71.3 Å². The Bertz CT molecular complexity index is 430. The van der Waals surface area contributed by atoms with E-state index in [4.69, 9.17) is 14.2 Å². The minimum atomic E-state index is -1.41. The number of carbonyl (C=O) groups excluding carboxylic acids is 1. The van der Waals surface area contributed by atoms with E-state index >= 15 is 0 Å². The van der Waals surface area contributed by atoms with Gasteiger partial charge in [-0.25, -0.2) is 0 Å². The van der Waals surface area contributed by atoms with Crippen molar-refractivity contribution in [3.05, 3.63) is 0 Å². The summed E-state index contributed by atoms with van der Waals surface area (Å²) in [5.41, 5.74) is 0. The fourth-order valence-corrected chi connectivity index (χ4v) is 3.78. The molecule has 30 heavy (non-hydrogen) atoms. The molecule has 5 atom stereocenters. The SMILES string of the molecule is CCCCCCCCCCCCCCCC(=O)OCC1OC(OC)C(O)C(O)C1O. The minimum Gasteiger partial charge on any atom is -0.463 e. The molecule has 0 aliphatic carbocycles. The van der Waals surface area contributed by atoms with E-state index in [-0.39, 0.29) is 12.6 Å². The van der Waals surface area contributed by atoms with Crippen LogP contribution in [0.5, 0.6) is 0 Å². The van der Waals surface area contributed by atoms with Crippen molar-refractivity contribution in [3.63, 3.8) is 0 Å². The number of carbonyl (C=O) groups is 1. The lowest BCUT2D eigenvalue weighted by atomic mass is 9.99. The molecule has 1 heterocycles. The fraction of sp³-hybridized carbons (Fsp3) is 0.957. The Balaban J connectivity index is 1.97. The van der Waals surface area contributed by atoms with Crippen LogP contribution in [0.1, 0.15) is 96.8 Å². The number of rotatable bonds is 17. The van der Waals surface area contributed by atoms with Gasteiger partial charge in [0, 0.05) is 13.5 Å². The number of ether oxygens (including phenoxy) is 3. The van der Waals surface area contributed by atoms with Crippen LogP contribution < -0.4 is 0 Å². The summed E-state index contributed by atoms with van der Waals surface area (Å²) in [4.78, 5) is 11.9. The molecule has 0 aromatic rings. The molecule has 0 amide bonds. The molecule has 1 rings (SSSR count). The normalized spacial score (nSPS) is 26.6. The molecule has 0 spiro atoms. The van der Waals surface area contributed by atoms with E-state index in [0.29, 0.717) is 6.42 Å². The monoisotopic (exact) mass is 432 g/mol. The van der Waals surface area contributed by atoms with Gasteiger partial charge in [0.1, 0.15) is 31.0 Å². The van der Waals surface area contributed by atoms with Gasteiger partial charge < -0.3 is 29.5 Å². The van der Waals surface area contributed by atoms with Crippen molar-refractivity contribution in [2.75, 3.05) is 13.7 Å². The van der Waals surface area contributed by atoms with Gasteiger partial charge >= 0.3 is 5.97 Å². The maximum Gasteiger partial charge on any atom is 0.305 e. The number of esters is 1. The van der Waals surface area contributed by atoms with Gasteiger partial charge in [-0.15, -0.1) is 0 Å². The zero-order chi connectivity index (χ0) is 22.2. The molecular weight excluding hydrogens is 388 g/mol. The minimum absolute atomic E-state index is 0.178. The highest BCUT2D eigenvalue weighted by Crippen LogP contribution is 2.22. The third-order valence-corrected chi connectivity index (χ3v) is 5.79. The van der Waals surface area contributed by atoms with Crippen LogP contribution in [0.4, 0.5) is 0 Å². The Morgan fingerprint density at radius 2 is 1.27 bits per heavy atom. The molecule has 1 saturated heterocycles. The Kier molecular flexibility index (Phi) is 15.4. The Hall–Kier alpha value is -0.730. The molecule has 5 unspecified atom stereocenters. The van der Waals surface area contributed by atoms with E-state index < -0.39 is 30.7 Å². The van der Waals surface area contributed by atoms with Crippen LogP contribution in [0.3, 0.4) is 0 Å². The molecule has 0 aromatic carbocycles. The van der Waals surface area contributed by atoms with Gasteiger partial charge in [0.2, 0.25) is 0 Å². The number of aliphatic hydroxyl groups is 3. The summed E-state index contributed by atoms with van der Waals surface area (Å²) in [6, 6.07) is 0. The molecule has 178 valence electrons. The third-order valence-electron chi connectivity index (χ3n) is 5.79. The second-order valence-corrected chi connectivity index (χ2v) is 8.43. The first kappa shape index (κ1) is 27.3. The zero-order valence-corrected chi connectivity index (χ0v) is 19.0. The van der Waals surface area contributed by atoms with Crippen molar-refractivity contribution in [3.8, 4) is 0 Å². The van der Waals surface area contributed by atoms with Crippen molar-refractivity contribution in [2.45, 2.75) is 128 Å². The molecule has 0 bridgehead atoms. The van der Waals surface area contributed by atoms with Crippen LogP contribution >= 0.6 is 0 Å². The molecule has 7 nitrogen and oxygen atoms in total. The van der Waals surface area contributed by atoms with E-state index in [1.54, 1.807) is 0 Å². The predicted molar refractivity (Wildman–Crippen MR) is 115 cm³/mol. The van der Waals surface area contributed by atoms with Crippen molar-refractivity contribution in [1.29, 1.82) is 0 Å². The van der Waals surface area contributed by atoms with Gasteiger partial charge in [-0.1, -0.05) is 84.0 Å². The largest absolute Gasteiger partial charge is 0.463 e. The number of aliphatic hydroxyl groups excluding tert-OH is 3. The first-order valence-electron chi connectivity index (χ1n) is 11.9. The third kappa shape index (κ3) is 11.0. The van der Waals surface area contributed by atoms with Gasteiger partial charge in [-0.3, -0.25) is 4.79 Å². The zero-order valence-electron chi connectivity index (χ0n) is 19.0. The highest BCUT2D eigenvalue weighted by molar-refractivity contribution is 5.69. The summed E-state index contributed by atoms with van der Waals surface area (Å²) in [5.74, 6) is -0.344. The second kappa shape index (κ2) is 16.9. The van der Waals surface area contributed by atoms with Crippen LogP contribution in [0.2, 0.25) is 0 Å². The average molecular weight is 433 g/mol. The van der Waals surface area contributed by atoms with Gasteiger partial charge in [-0.05, 0) is 6.42 Å². The van der Waals surface area contributed by atoms with E-state index in [9.17, 15) is 20.1 Å². The highest BCUT2D eigenvalue weighted by atomic mass is 16.7. The van der Waals surface area contributed by atoms with Crippen molar-refractivity contribution in [2.24, 2.45) is 0 Å². The number of hydrogen-bond acceptors (Lipinski definition) is 7. The van der Waals surface area contributed by atoms with Crippen LogP contribution in [0.15, 0.2) is 0 Å². The smallest absolute Gasteiger partial charge is 0.305 e. The number of methoxy groups -OCH3 is 1. The lowest BCUT2D eigenvalue weighted by molar-refractivity contribution is -0.295. The predicted octanol–water partition coefficient (Wildman–Crippen LogP) is 3.46. The van der Waals surface area contributed by atoms with E-state index in [2.05, 4.69) is 6.92 Å². The lowest BCUT2D eigenvalue weighted by Gasteiger charge is -2.39. The molecule has 7 heteroatoms. The van der Waals surface area contributed by atoms with Crippen LogP contribution in [-0.2, 0) is 19.0 Å². The van der Waals surface area contributed by atoms with Crippen molar-refractivity contribution in [1.82, 2.24) is 0 Å². The average Bonchev–Trinajstić information content (AvgIpc) is 2.75. The van der Waals surface area contributed by atoms with E-state index in [1.807, 2.05) is 0 Å². The first-order chi connectivity index (χ1) is 14.5. The highest BCUT2D eigenvalue weighted by Gasteiger charge is 2.44. The summed E-state index contributed by atoms with van der Waals surface area (Å²) < 4.78 is 15.4. The Morgan fingerprint density at radius 3 is 1.77 bits per heavy atom. The van der Waals surface area contributed by atoms with Gasteiger partial charge in [0.15, 0.2) is 6.29 Å². The molecule has 1 aliphatic heterocycles. The standard InChI is InChI=1S/C23H44O7/c1-3-4-5-6-7-8-9-10-11-12-13-14-15-16-19(24)29-17-18-20(25)21(26)22(27)23(28-2)30-18/h18,20-23,25-27H,3-17H2,1-2H3. The van der Waals surface area contributed by atoms with Crippen LogP contribution in [0.25, 0.3) is 0 Å². The molecular formula is C23H44O7. The maximum absolute atomic E-state index is 11.9. The van der Waals surface area contributed by atoms with Gasteiger partial charge in [0.25, 0.3) is 0 Å². The molecule has 1 fully saturated rings.